The Morgan fingerprint density at radius 2 is 0.788 bits per heavy atom. The third-order valence-corrected chi connectivity index (χ3v) is 9.76. The van der Waals surface area contributed by atoms with Crippen LogP contribution in [0.2, 0.25) is 0 Å². The summed E-state index contributed by atoms with van der Waals surface area (Å²) in [5, 5.41) is 4.46. The molecule has 0 saturated heterocycles. The van der Waals surface area contributed by atoms with Crippen LogP contribution in [0, 0.1) is 0 Å². The van der Waals surface area contributed by atoms with Crippen LogP contribution in [0.25, 0.3) is 79.3 Å². The molecule has 0 amide bonds. The molecule has 0 radical (unpaired) electrons. The number of benzene rings is 4. The first kappa shape index (κ1) is 32.8. The Balaban J connectivity index is 1.41. The summed E-state index contributed by atoms with van der Waals surface area (Å²) in [6, 6.07) is 11.2. The van der Waals surface area contributed by atoms with Crippen molar-refractivity contribution >= 4 is 104 Å². The minimum Gasteiger partial charge on any atom is -0.462 e. The van der Waals surface area contributed by atoms with E-state index in [4.69, 9.17) is 18.9 Å². The van der Waals surface area contributed by atoms with Gasteiger partial charge in [-0.05, 0) is 94.8 Å². The summed E-state index contributed by atoms with van der Waals surface area (Å²) in [6.07, 6.45) is 7.53. The number of rotatable bonds is 9. The SMILES string of the molecule is CCOC(=O)C1=c2cc3ccc(-c4ccc5cc6c(c7c5c4C=C7)=C(C(=O)OCC)C(=O)C=6C(=O)OCC)c4c3c(c2=C(C(=O)OCC)C1=O)C=C4. The molecule has 0 aromatic heterocycles. The van der Waals surface area contributed by atoms with Gasteiger partial charge in [-0.2, -0.15) is 0 Å². The molecule has 4 aromatic carbocycles. The summed E-state index contributed by atoms with van der Waals surface area (Å²) in [5.41, 5.74) is 3.87. The van der Waals surface area contributed by atoms with Crippen molar-refractivity contribution in [2.45, 2.75) is 27.7 Å². The predicted octanol–water partition coefficient (Wildman–Crippen LogP) is 2.65. The van der Waals surface area contributed by atoms with Crippen LogP contribution in [0.3, 0.4) is 0 Å². The molecule has 10 nitrogen and oxygen atoms in total. The molecule has 4 aliphatic rings. The maximum Gasteiger partial charge on any atom is 0.342 e. The van der Waals surface area contributed by atoms with Crippen molar-refractivity contribution in [3.8, 4) is 11.1 Å². The van der Waals surface area contributed by atoms with Gasteiger partial charge in [0.1, 0.15) is 22.3 Å². The lowest BCUT2D eigenvalue weighted by Crippen LogP contribution is -2.30. The van der Waals surface area contributed by atoms with E-state index < -0.39 is 35.4 Å². The quantitative estimate of drug-likeness (QED) is 0.164. The molecule has 0 fully saturated rings. The number of esters is 4. The van der Waals surface area contributed by atoms with E-state index in [-0.39, 0.29) is 48.7 Å². The number of carbonyl (C=O) groups excluding carboxylic acids is 6. The summed E-state index contributed by atoms with van der Waals surface area (Å²) in [4.78, 5) is 79.8. The first-order valence-corrected chi connectivity index (χ1v) is 17.1. The third kappa shape index (κ3) is 4.43. The number of ether oxygens (including phenoxy) is 4. The van der Waals surface area contributed by atoms with Gasteiger partial charge in [-0.15, -0.1) is 0 Å². The molecule has 52 heavy (non-hydrogen) atoms. The Morgan fingerprint density at radius 3 is 1.13 bits per heavy atom. The Kier molecular flexibility index (Phi) is 7.64. The minimum atomic E-state index is -0.810. The molecule has 0 aliphatic heterocycles. The molecule has 0 atom stereocenters. The van der Waals surface area contributed by atoms with Crippen LogP contribution in [0.15, 0.2) is 36.4 Å². The lowest BCUT2D eigenvalue weighted by molar-refractivity contribution is -0.139. The lowest BCUT2D eigenvalue weighted by Gasteiger charge is -2.14. The topological polar surface area (TPSA) is 139 Å². The van der Waals surface area contributed by atoms with Gasteiger partial charge in [-0.1, -0.05) is 48.6 Å². The fourth-order valence-corrected chi connectivity index (χ4v) is 7.86. The minimum absolute atomic E-state index is 0.0483. The van der Waals surface area contributed by atoms with Crippen molar-refractivity contribution in [3.05, 3.63) is 79.5 Å². The Labute approximate surface area is 295 Å². The molecule has 0 heterocycles. The summed E-state index contributed by atoms with van der Waals surface area (Å²) in [6.45, 7) is 6.79. The second kappa shape index (κ2) is 12.1. The molecule has 0 spiro atoms. The van der Waals surface area contributed by atoms with Crippen molar-refractivity contribution in [2.75, 3.05) is 26.4 Å². The van der Waals surface area contributed by atoms with E-state index in [1.165, 1.54) is 0 Å². The van der Waals surface area contributed by atoms with Crippen LogP contribution in [0.4, 0.5) is 0 Å². The number of ketones is 2. The largest absolute Gasteiger partial charge is 0.462 e. The van der Waals surface area contributed by atoms with E-state index in [0.29, 0.717) is 32.0 Å². The highest BCUT2D eigenvalue weighted by Crippen LogP contribution is 2.42. The van der Waals surface area contributed by atoms with Gasteiger partial charge in [-0.25, -0.2) is 19.2 Å². The van der Waals surface area contributed by atoms with E-state index in [1.807, 2.05) is 48.6 Å². The van der Waals surface area contributed by atoms with Crippen molar-refractivity contribution in [3.63, 3.8) is 0 Å². The van der Waals surface area contributed by atoms with Gasteiger partial charge < -0.3 is 18.9 Å². The zero-order valence-electron chi connectivity index (χ0n) is 28.7. The van der Waals surface area contributed by atoms with Crippen molar-refractivity contribution in [1.82, 2.24) is 0 Å². The number of carbonyl (C=O) groups is 6. The Hall–Kier alpha value is -6.42. The van der Waals surface area contributed by atoms with Crippen LogP contribution in [0.5, 0.6) is 0 Å². The van der Waals surface area contributed by atoms with Crippen LogP contribution < -0.4 is 20.9 Å². The molecule has 258 valence electrons. The van der Waals surface area contributed by atoms with Crippen LogP contribution in [-0.2, 0) is 47.7 Å². The van der Waals surface area contributed by atoms with E-state index in [9.17, 15) is 28.8 Å². The monoisotopic (exact) mass is 694 g/mol. The first-order chi connectivity index (χ1) is 25.2. The normalized spacial score (nSPS) is 14.5. The molecular weight excluding hydrogens is 664 g/mol. The summed E-state index contributed by atoms with van der Waals surface area (Å²) in [5.74, 6) is -4.68. The van der Waals surface area contributed by atoms with Gasteiger partial charge in [0.25, 0.3) is 0 Å². The lowest BCUT2D eigenvalue weighted by atomic mass is 9.89. The summed E-state index contributed by atoms with van der Waals surface area (Å²) in [7, 11) is 0. The second-order valence-electron chi connectivity index (χ2n) is 12.4. The smallest absolute Gasteiger partial charge is 0.342 e. The average Bonchev–Trinajstić information content (AvgIpc) is 3.88. The molecule has 0 N–H and O–H groups in total. The van der Waals surface area contributed by atoms with Crippen LogP contribution >= 0.6 is 0 Å². The maximum absolute atomic E-state index is 13.7. The van der Waals surface area contributed by atoms with Gasteiger partial charge >= 0.3 is 23.9 Å². The highest BCUT2D eigenvalue weighted by Gasteiger charge is 2.38. The third-order valence-electron chi connectivity index (χ3n) is 9.76. The van der Waals surface area contributed by atoms with E-state index in [0.717, 1.165) is 43.8 Å². The summed E-state index contributed by atoms with van der Waals surface area (Å²) >= 11 is 0. The zero-order chi connectivity index (χ0) is 36.6. The predicted molar refractivity (Wildman–Crippen MR) is 193 cm³/mol. The van der Waals surface area contributed by atoms with Crippen molar-refractivity contribution in [2.24, 2.45) is 0 Å². The van der Waals surface area contributed by atoms with Gasteiger partial charge in [0.15, 0.2) is 0 Å². The van der Waals surface area contributed by atoms with Gasteiger partial charge in [0.05, 0.1) is 26.4 Å². The number of Topliss-reactive ketones (excluding diaryl/α,β-unsaturated/α-hetero) is 2. The van der Waals surface area contributed by atoms with E-state index in [2.05, 4.69) is 0 Å². The maximum atomic E-state index is 13.7. The second-order valence-corrected chi connectivity index (χ2v) is 12.4. The standard InChI is InChI=1S/C42H30O10/c1-5-49-39(45)33-27-17-19-9-11-21(23-13-15-25(29(19)23)31(27)35(37(33)43)41(47)51-7-3)22-12-10-20-18-28-32(26-16-14-24(22)30(20)26)36(42(48)52-8-4)38(44)34(28)40(46)50-6-2/h9-18H,5-8H2,1-4H3. The van der Waals surface area contributed by atoms with Crippen LogP contribution in [-0.4, -0.2) is 61.9 Å². The average molecular weight is 695 g/mol. The van der Waals surface area contributed by atoms with E-state index in [1.54, 1.807) is 39.8 Å². The molecule has 0 saturated carbocycles. The fraction of sp³-hybridized carbons (Fsp3) is 0.190. The molecule has 4 aromatic rings. The van der Waals surface area contributed by atoms with E-state index >= 15 is 0 Å². The number of hydrogen-bond acceptors (Lipinski definition) is 10. The van der Waals surface area contributed by atoms with Gasteiger partial charge in [-0.3, -0.25) is 9.59 Å². The number of fused-ring (bicyclic) bond motifs is 4. The van der Waals surface area contributed by atoms with Crippen molar-refractivity contribution < 1.29 is 47.7 Å². The van der Waals surface area contributed by atoms with Crippen molar-refractivity contribution in [1.29, 1.82) is 0 Å². The first-order valence-electron chi connectivity index (χ1n) is 17.1. The fourth-order valence-electron chi connectivity index (χ4n) is 7.86. The molecule has 10 heteroatoms. The molecule has 8 rings (SSSR count). The summed E-state index contributed by atoms with van der Waals surface area (Å²) < 4.78 is 21.0. The molecule has 0 unspecified atom stereocenters. The number of hydrogen-bond donors (Lipinski definition) is 0. The zero-order valence-corrected chi connectivity index (χ0v) is 28.7. The Morgan fingerprint density at radius 1 is 0.462 bits per heavy atom. The van der Waals surface area contributed by atoms with Gasteiger partial charge in [0.2, 0.25) is 11.6 Å². The highest BCUT2D eigenvalue weighted by molar-refractivity contribution is 6.61. The van der Waals surface area contributed by atoms with Gasteiger partial charge in [0, 0.05) is 20.9 Å². The molecule has 0 bridgehead atoms. The Bertz CT molecular complexity index is 2590. The highest BCUT2D eigenvalue weighted by atomic mass is 16.5. The van der Waals surface area contributed by atoms with Crippen LogP contribution in [0.1, 0.15) is 49.9 Å². The molecule has 4 aliphatic carbocycles. The molecular formula is C42H30O10.